The maximum absolute atomic E-state index is 3.89. The van der Waals surface area contributed by atoms with Crippen LogP contribution in [0.5, 0.6) is 0 Å². The summed E-state index contributed by atoms with van der Waals surface area (Å²) in [5, 5.41) is 0. The number of hydrogen-bond acceptors (Lipinski definition) is 0. The SMILES string of the molecule is [CH2]CCCCCCCC(CC)CCCCCC. The zero-order valence-corrected chi connectivity index (χ0v) is 12.5. The van der Waals surface area contributed by atoms with Crippen LogP contribution in [0.4, 0.5) is 0 Å². The summed E-state index contributed by atoms with van der Waals surface area (Å²) in [6.45, 7) is 8.56. The Hall–Kier alpha value is 0. The Morgan fingerprint density at radius 1 is 0.706 bits per heavy atom. The fraction of sp³-hybridized carbons (Fsp3) is 0.941. The van der Waals surface area contributed by atoms with Gasteiger partial charge >= 0.3 is 0 Å². The van der Waals surface area contributed by atoms with Gasteiger partial charge in [0.2, 0.25) is 0 Å². The van der Waals surface area contributed by atoms with Gasteiger partial charge in [0.1, 0.15) is 0 Å². The van der Waals surface area contributed by atoms with Crippen LogP contribution in [0.15, 0.2) is 0 Å². The molecule has 0 aromatic rings. The lowest BCUT2D eigenvalue weighted by molar-refractivity contribution is 0.394. The lowest BCUT2D eigenvalue weighted by atomic mass is 9.92. The Kier molecular flexibility index (Phi) is 14.1. The first kappa shape index (κ1) is 17.0. The Morgan fingerprint density at radius 2 is 1.24 bits per heavy atom. The van der Waals surface area contributed by atoms with E-state index in [9.17, 15) is 0 Å². The summed E-state index contributed by atoms with van der Waals surface area (Å²) in [7, 11) is 0. The van der Waals surface area contributed by atoms with Crippen LogP contribution in [-0.2, 0) is 0 Å². The molecule has 0 aliphatic heterocycles. The van der Waals surface area contributed by atoms with Gasteiger partial charge in [-0.15, -0.1) is 0 Å². The standard InChI is InChI=1S/C17H35/c1-4-7-9-11-12-14-16-17(6-3)15-13-10-8-5-2/h17H,1,4-16H2,2-3H3. The third-order valence-corrected chi connectivity index (χ3v) is 3.91. The van der Waals surface area contributed by atoms with Crippen molar-refractivity contribution in [1.82, 2.24) is 0 Å². The minimum absolute atomic E-state index is 1.01. The molecule has 0 N–H and O–H groups in total. The van der Waals surface area contributed by atoms with Crippen molar-refractivity contribution in [2.75, 3.05) is 0 Å². The fourth-order valence-electron chi connectivity index (χ4n) is 2.55. The monoisotopic (exact) mass is 239 g/mol. The van der Waals surface area contributed by atoms with Gasteiger partial charge < -0.3 is 0 Å². The second-order valence-corrected chi connectivity index (χ2v) is 5.53. The minimum atomic E-state index is 1.01. The predicted molar refractivity (Wildman–Crippen MR) is 80.2 cm³/mol. The van der Waals surface area contributed by atoms with Crippen molar-refractivity contribution < 1.29 is 0 Å². The first-order valence-electron chi connectivity index (χ1n) is 8.14. The average molecular weight is 239 g/mol. The summed E-state index contributed by atoms with van der Waals surface area (Å²) < 4.78 is 0. The van der Waals surface area contributed by atoms with Gasteiger partial charge in [-0.3, -0.25) is 0 Å². The van der Waals surface area contributed by atoms with E-state index in [2.05, 4.69) is 20.8 Å². The number of hydrogen-bond donors (Lipinski definition) is 0. The van der Waals surface area contributed by atoms with Gasteiger partial charge in [-0.05, 0) is 5.92 Å². The van der Waals surface area contributed by atoms with E-state index in [0.717, 1.165) is 12.3 Å². The summed E-state index contributed by atoms with van der Waals surface area (Å²) in [6.07, 6.45) is 18.3. The topological polar surface area (TPSA) is 0 Å². The molecule has 0 aromatic heterocycles. The second kappa shape index (κ2) is 14.1. The van der Waals surface area contributed by atoms with E-state index < -0.39 is 0 Å². The molecule has 1 unspecified atom stereocenters. The Labute approximate surface area is 111 Å². The molecule has 0 nitrogen and oxygen atoms in total. The minimum Gasteiger partial charge on any atom is -0.0654 e. The van der Waals surface area contributed by atoms with E-state index in [0.29, 0.717) is 0 Å². The summed E-state index contributed by atoms with van der Waals surface area (Å²) in [5.41, 5.74) is 0. The maximum Gasteiger partial charge on any atom is -0.0417 e. The zero-order chi connectivity index (χ0) is 12.8. The van der Waals surface area contributed by atoms with Crippen molar-refractivity contribution in [3.8, 4) is 0 Å². The predicted octanol–water partition coefficient (Wildman–Crippen LogP) is 6.55. The lowest BCUT2D eigenvalue weighted by Crippen LogP contribution is -1.99. The van der Waals surface area contributed by atoms with Crippen molar-refractivity contribution in [3.05, 3.63) is 6.92 Å². The first-order chi connectivity index (χ1) is 8.35. The normalized spacial score (nSPS) is 12.9. The molecule has 1 atom stereocenters. The molecule has 0 heteroatoms. The highest BCUT2D eigenvalue weighted by atomic mass is 14.1. The van der Waals surface area contributed by atoms with Gasteiger partial charge in [0.05, 0.1) is 0 Å². The Bertz CT molecular complexity index is 128. The molecule has 0 amide bonds. The Morgan fingerprint density at radius 3 is 1.76 bits per heavy atom. The van der Waals surface area contributed by atoms with Gasteiger partial charge in [0.25, 0.3) is 0 Å². The van der Waals surface area contributed by atoms with Crippen LogP contribution in [0.25, 0.3) is 0 Å². The molecule has 0 bridgehead atoms. The van der Waals surface area contributed by atoms with E-state index in [1.165, 1.54) is 77.0 Å². The van der Waals surface area contributed by atoms with Crippen LogP contribution in [0.2, 0.25) is 0 Å². The molecule has 17 heavy (non-hydrogen) atoms. The zero-order valence-electron chi connectivity index (χ0n) is 12.5. The van der Waals surface area contributed by atoms with Crippen LogP contribution >= 0.6 is 0 Å². The smallest absolute Gasteiger partial charge is 0.0417 e. The van der Waals surface area contributed by atoms with Crippen LogP contribution in [-0.4, -0.2) is 0 Å². The lowest BCUT2D eigenvalue weighted by Gasteiger charge is -2.14. The van der Waals surface area contributed by atoms with Gasteiger partial charge in [-0.25, -0.2) is 0 Å². The highest BCUT2D eigenvalue weighted by molar-refractivity contribution is 4.59. The molecule has 0 rings (SSSR count). The molecule has 0 aromatic carbocycles. The van der Waals surface area contributed by atoms with E-state index in [1.54, 1.807) is 0 Å². The van der Waals surface area contributed by atoms with Gasteiger partial charge in [0, 0.05) is 0 Å². The summed E-state index contributed by atoms with van der Waals surface area (Å²) >= 11 is 0. The quantitative estimate of drug-likeness (QED) is 0.320. The van der Waals surface area contributed by atoms with Crippen molar-refractivity contribution in [2.24, 2.45) is 5.92 Å². The van der Waals surface area contributed by atoms with Gasteiger partial charge in [-0.1, -0.05) is 104 Å². The summed E-state index contributed by atoms with van der Waals surface area (Å²) in [6, 6.07) is 0. The van der Waals surface area contributed by atoms with Gasteiger partial charge in [0.15, 0.2) is 0 Å². The Balaban J connectivity index is 3.28. The molecular formula is C17H35. The molecule has 0 saturated heterocycles. The second-order valence-electron chi connectivity index (χ2n) is 5.53. The highest BCUT2D eigenvalue weighted by Crippen LogP contribution is 2.21. The molecule has 0 spiro atoms. The van der Waals surface area contributed by atoms with Crippen LogP contribution in [0, 0.1) is 12.8 Å². The largest absolute Gasteiger partial charge is 0.0654 e. The molecular weight excluding hydrogens is 204 g/mol. The molecule has 0 saturated carbocycles. The first-order valence-corrected chi connectivity index (χ1v) is 8.14. The number of unbranched alkanes of at least 4 members (excludes halogenated alkanes) is 8. The van der Waals surface area contributed by atoms with Gasteiger partial charge in [-0.2, -0.15) is 0 Å². The van der Waals surface area contributed by atoms with Crippen LogP contribution in [0.3, 0.4) is 0 Å². The van der Waals surface area contributed by atoms with Crippen molar-refractivity contribution in [2.45, 2.75) is 97.3 Å². The molecule has 0 heterocycles. The van der Waals surface area contributed by atoms with Crippen LogP contribution < -0.4 is 0 Å². The van der Waals surface area contributed by atoms with Crippen LogP contribution in [0.1, 0.15) is 97.3 Å². The van der Waals surface area contributed by atoms with Crippen molar-refractivity contribution >= 4 is 0 Å². The molecule has 0 aliphatic rings. The van der Waals surface area contributed by atoms with E-state index >= 15 is 0 Å². The van der Waals surface area contributed by atoms with E-state index in [-0.39, 0.29) is 0 Å². The van der Waals surface area contributed by atoms with E-state index in [4.69, 9.17) is 0 Å². The van der Waals surface area contributed by atoms with Crippen molar-refractivity contribution in [1.29, 1.82) is 0 Å². The third-order valence-electron chi connectivity index (χ3n) is 3.91. The third kappa shape index (κ3) is 12.2. The highest BCUT2D eigenvalue weighted by Gasteiger charge is 2.05. The van der Waals surface area contributed by atoms with E-state index in [1.807, 2.05) is 0 Å². The summed E-state index contributed by atoms with van der Waals surface area (Å²) in [4.78, 5) is 0. The van der Waals surface area contributed by atoms with Crippen molar-refractivity contribution in [3.63, 3.8) is 0 Å². The molecule has 0 aliphatic carbocycles. The average Bonchev–Trinajstić information content (AvgIpc) is 2.36. The number of rotatable bonds is 13. The molecule has 0 fully saturated rings. The fourth-order valence-corrected chi connectivity index (χ4v) is 2.55. The molecule has 103 valence electrons. The molecule has 1 radical (unpaired) electrons. The summed E-state index contributed by atoms with van der Waals surface area (Å²) in [5.74, 6) is 1.01. The maximum atomic E-state index is 3.89.